The van der Waals surface area contributed by atoms with Crippen molar-refractivity contribution in [3.05, 3.63) is 46.4 Å². The highest BCUT2D eigenvalue weighted by atomic mass is 79.9. The lowest BCUT2D eigenvalue weighted by atomic mass is 10.0. The van der Waals surface area contributed by atoms with Gasteiger partial charge in [0.1, 0.15) is 6.04 Å². The first-order valence-electron chi connectivity index (χ1n) is 6.67. The number of hydrogen-bond acceptors (Lipinski definition) is 2. The molecule has 22 heavy (non-hydrogen) atoms. The number of nitrogens with zero attached hydrogens (tertiary/aromatic N) is 1. The van der Waals surface area contributed by atoms with Crippen molar-refractivity contribution in [2.45, 2.75) is 18.6 Å². The minimum Gasteiger partial charge on any atom is -0.288 e. The first kappa shape index (κ1) is 15.3. The number of nitrogens with one attached hydrogen (secondary N) is 1. The van der Waals surface area contributed by atoms with Gasteiger partial charge < -0.3 is 0 Å². The Morgan fingerprint density at radius 3 is 2.64 bits per heavy atom. The van der Waals surface area contributed by atoms with Crippen LogP contribution in [0.15, 0.2) is 40.9 Å². The van der Waals surface area contributed by atoms with E-state index in [1.54, 1.807) is 12.1 Å². The lowest BCUT2D eigenvalue weighted by molar-refractivity contribution is -0.191. The topological polar surface area (TPSA) is 32.3 Å². The maximum absolute atomic E-state index is 13.5. The summed E-state index contributed by atoms with van der Waals surface area (Å²) in [6.45, 7) is 0.0387. The minimum atomic E-state index is -4.48. The summed E-state index contributed by atoms with van der Waals surface area (Å²) in [7, 11) is 0. The number of hydrogen-bond donors (Lipinski definition) is 1. The summed E-state index contributed by atoms with van der Waals surface area (Å²) < 4.78 is 41.2. The van der Waals surface area contributed by atoms with Crippen molar-refractivity contribution >= 4 is 32.6 Å². The molecule has 1 fully saturated rings. The summed E-state index contributed by atoms with van der Waals surface area (Å²) in [4.78, 5) is 11.3. The number of fused-ring (bicyclic) bond motifs is 1. The van der Waals surface area contributed by atoms with Gasteiger partial charge in [0.25, 0.3) is 0 Å². The van der Waals surface area contributed by atoms with Crippen LogP contribution in [-0.4, -0.2) is 23.6 Å². The predicted octanol–water partition coefficient (Wildman–Crippen LogP) is 3.94. The van der Waals surface area contributed by atoms with Gasteiger partial charge in [0, 0.05) is 17.4 Å². The fourth-order valence-corrected chi connectivity index (χ4v) is 3.15. The molecule has 0 radical (unpaired) electrons. The maximum Gasteiger partial charge on any atom is 0.409 e. The van der Waals surface area contributed by atoms with E-state index in [1.807, 2.05) is 12.1 Å². The lowest BCUT2D eigenvalue weighted by Crippen LogP contribution is -2.43. The van der Waals surface area contributed by atoms with Crippen LogP contribution in [0, 0.1) is 0 Å². The number of hydrazine groups is 1. The van der Waals surface area contributed by atoms with Crippen molar-refractivity contribution in [3.8, 4) is 0 Å². The van der Waals surface area contributed by atoms with Gasteiger partial charge >= 0.3 is 6.18 Å². The van der Waals surface area contributed by atoms with E-state index in [0.29, 0.717) is 5.39 Å². The van der Waals surface area contributed by atoms with Crippen molar-refractivity contribution in [2.24, 2.45) is 0 Å². The molecule has 0 bridgehead atoms. The van der Waals surface area contributed by atoms with Gasteiger partial charge in [-0.25, -0.2) is 5.01 Å². The van der Waals surface area contributed by atoms with Gasteiger partial charge in [0.2, 0.25) is 5.91 Å². The summed E-state index contributed by atoms with van der Waals surface area (Å²) in [5.74, 6) is -0.392. The van der Waals surface area contributed by atoms with Gasteiger partial charge in [-0.2, -0.15) is 13.2 Å². The second-order valence-electron chi connectivity index (χ2n) is 5.14. The Bertz CT molecular complexity index is 732. The molecule has 1 aliphatic rings. The third-order valence-electron chi connectivity index (χ3n) is 3.64. The number of alkyl halides is 3. The van der Waals surface area contributed by atoms with Gasteiger partial charge in [0.15, 0.2) is 0 Å². The van der Waals surface area contributed by atoms with Crippen LogP contribution in [0.25, 0.3) is 10.8 Å². The standard InChI is InChI=1S/C15H12BrF3N2O/c16-12-3-1-2-9-4-5-10(8-11(9)12)14(15(17,18)19)21-7-6-13(22)20-21/h1-5,8,14H,6-7H2,(H,20,22). The van der Waals surface area contributed by atoms with Crippen molar-refractivity contribution in [3.63, 3.8) is 0 Å². The van der Waals surface area contributed by atoms with Crippen molar-refractivity contribution < 1.29 is 18.0 Å². The third-order valence-corrected chi connectivity index (χ3v) is 4.33. The zero-order valence-electron chi connectivity index (χ0n) is 11.3. The van der Waals surface area contributed by atoms with Gasteiger partial charge in [0.05, 0.1) is 0 Å². The van der Waals surface area contributed by atoms with Gasteiger partial charge in [-0.05, 0) is 28.5 Å². The van der Waals surface area contributed by atoms with E-state index in [9.17, 15) is 18.0 Å². The van der Waals surface area contributed by atoms with E-state index in [1.165, 1.54) is 12.1 Å². The number of halogens is 4. The third kappa shape index (κ3) is 2.83. The SMILES string of the molecule is O=C1CCN(C(c2ccc3cccc(Br)c3c2)C(F)(F)F)N1. The molecule has 7 heteroatoms. The summed E-state index contributed by atoms with van der Waals surface area (Å²) in [5, 5.41) is 2.52. The van der Waals surface area contributed by atoms with Crippen LogP contribution in [0.2, 0.25) is 0 Å². The first-order chi connectivity index (χ1) is 10.4. The monoisotopic (exact) mass is 372 g/mol. The van der Waals surface area contributed by atoms with E-state index in [-0.39, 0.29) is 18.5 Å². The number of benzene rings is 2. The average molecular weight is 373 g/mol. The normalized spacial score (nSPS) is 17.7. The summed E-state index contributed by atoms with van der Waals surface area (Å²) in [6.07, 6.45) is -4.41. The molecule has 0 saturated carbocycles. The van der Waals surface area contributed by atoms with Crippen molar-refractivity contribution in [1.29, 1.82) is 0 Å². The van der Waals surface area contributed by atoms with Crippen LogP contribution in [-0.2, 0) is 4.79 Å². The number of amides is 1. The van der Waals surface area contributed by atoms with Crippen LogP contribution in [0.1, 0.15) is 18.0 Å². The minimum absolute atomic E-state index is 0.0387. The van der Waals surface area contributed by atoms with E-state index in [0.717, 1.165) is 14.9 Å². The Hall–Kier alpha value is -1.60. The Morgan fingerprint density at radius 2 is 2.00 bits per heavy atom. The Morgan fingerprint density at radius 1 is 1.23 bits per heavy atom. The van der Waals surface area contributed by atoms with Crippen molar-refractivity contribution in [1.82, 2.24) is 10.4 Å². The smallest absolute Gasteiger partial charge is 0.288 e. The Balaban J connectivity index is 2.08. The first-order valence-corrected chi connectivity index (χ1v) is 7.46. The molecule has 1 atom stereocenters. The average Bonchev–Trinajstić information content (AvgIpc) is 2.84. The molecular formula is C15H12BrF3N2O. The molecule has 0 aliphatic carbocycles. The van der Waals surface area contributed by atoms with E-state index in [4.69, 9.17) is 0 Å². The fourth-order valence-electron chi connectivity index (χ4n) is 2.66. The second kappa shape index (κ2) is 5.55. The molecule has 3 nitrogen and oxygen atoms in total. The fraction of sp³-hybridized carbons (Fsp3) is 0.267. The maximum atomic E-state index is 13.5. The van der Waals surface area contributed by atoms with Crippen LogP contribution < -0.4 is 5.43 Å². The van der Waals surface area contributed by atoms with Crippen LogP contribution in [0.4, 0.5) is 13.2 Å². The van der Waals surface area contributed by atoms with E-state index < -0.39 is 18.1 Å². The van der Waals surface area contributed by atoms with Crippen LogP contribution in [0.5, 0.6) is 0 Å². The molecule has 0 aromatic heterocycles. The molecule has 2 aromatic rings. The molecule has 1 N–H and O–H groups in total. The van der Waals surface area contributed by atoms with E-state index >= 15 is 0 Å². The summed E-state index contributed by atoms with van der Waals surface area (Å²) >= 11 is 3.36. The summed E-state index contributed by atoms with van der Waals surface area (Å²) in [5.41, 5.74) is 2.39. The molecule has 1 amide bonds. The zero-order chi connectivity index (χ0) is 15.9. The number of carbonyl (C=O) groups is 1. The molecule has 3 rings (SSSR count). The highest BCUT2D eigenvalue weighted by Gasteiger charge is 2.46. The largest absolute Gasteiger partial charge is 0.409 e. The van der Waals surface area contributed by atoms with Crippen LogP contribution >= 0.6 is 15.9 Å². The zero-order valence-corrected chi connectivity index (χ0v) is 12.9. The van der Waals surface area contributed by atoms with Crippen LogP contribution in [0.3, 0.4) is 0 Å². The number of carbonyl (C=O) groups excluding carboxylic acids is 1. The molecule has 116 valence electrons. The molecule has 1 saturated heterocycles. The van der Waals surface area contributed by atoms with Crippen molar-refractivity contribution in [2.75, 3.05) is 6.54 Å². The Kier molecular flexibility index (Phi) is 3.86. The van der Waals surface area contributed by atoms with Gasteiger partial charge in [-0.3, -0.25) is 10.2 Å². The molecule has 1 heterocycles. The van der Waals surface area contributed by atoms with E-state index in [2.05, 4.69) is 21.4 Å². The van der Waals surface area contributed by atoms with Gasteiger partial charge in [-0.1, -0.05) is 40.2 Å². The number of rotatable bonds is 2. The predicted molar refractivity (Wildman–Crippen MR) is 79.9 cm³/mol. The molecular weight excluding hydrogens is 361 g/mol. The molecule has 1 unspecified atom stereocenters. The summed E-state index contributed by atoms with van der Waals surface area (Å²) in [6, 6.07) is 8.23. The highest BCUT2D eigenvalue weighted by molar-refractivity contribution is 9.10. The Labute approximate surface area is 133 Å². The molecule has 1 aliphatic heterocycles. The highest BCUT2D eigenvalue weighted by Crippen LogP contribution is 2.39. The molecule has 0 spiro atoms. The van der Waals surface area contributed by atoms with Gasteiger partial charge in [-0.15, -0.1) is 0 Å². The second-order valence-corrected chi connectivity index (χ2v) is 6.00. The lowest BCUT2D eigenvalue weighted by Gasteiger charge is -2.29. The molecule has 2 aromatic carbocycles. The quantitative estimate of drug-likeness (QED) is 0.865.